The fraction of sp³-hybridized carbons (Fsp3) is 0.250. The average Bonchev–Trinajstić information content (AvgIpc) is 3.41. The summed E-state index contributed by atoms with van der Waals surface area (Å²) in [4.78, 5) is 17.2. The molecule has 2 aromatic heterocycles. The number of carbonyl (C=O) groups excluding carboxylic acids is 1. The molecule has 1 amide bonds. The van der Waals surface area contributed by atoms with Crippen LogP contribution < -0.4 is 5.32 Å². The van der Waals surface area contributed by atoms with Crippen molar-refractivity contribution in [2.45, 2.75) is 32.1 Å². The minimum atomic E-state index is -0.151. The molecule has 0 bridgehead atoms. The van der Waals surface area contributed by atoms with E-state index in [0.29, 0.717) is 11.0 Å². The summed E-state index contributed by atoms with van der Waals surface area (Å²) >= 11 is 1.44. The van der Waals surface area contributed by atoms with Crippen LogP contribution in [0.4, 0.5) is 5.13 Å². The third-order valence-corrected chi connectivity index (χ3v) is 6.47. The Bertz CT molecular complexity index is 1230. The van der Waals surface area contributed by atoms with Crippen LogP contribution in [0.1, 0.15) is 29.8 Å². The van der Waals surface area contributed by atoms with Gasteiger partial charge in [0.15, 0.2) is 11.0 Å². The second kappa shape index (κ2) is 8.43. The fourth-order valence-electron chi connectivity index (χ4n) is 4.02. The minimum Gasteiger partial charge on any atom is -0.314 e. The summed E-state index contributed by atoms with van der Waals surface area (Å²) in [6.07, 6.45) is 4.98. The van der Waals surface area contributed by atoms with Gasteiger partial charge in [-0.25, -0.2) is 4.98 Å². The quantitative estimate of drug-likeness (QED) is 0.501. The zero-order valence-electron chi connectivity index (χ0n) is 17.3. The predicted octanol–water partition coefficient (Wildman–Crippen LogP) is 4.67. The zero-order valence-corrected chi connectivity index (χ0v) is 18.2. The molecular formula is C24H23N5OS. The molecule has 7 heteroatoms. The molecule has 1 aliphatic rings. The fourth-order valence-corrected chi connectivity index (χ4v) is 4.75. The number of hydrogen-bond donors (Lipinski definition) is 1. The van der Waals surface area contributed by atoms with E-state index in [-0.39, 0.29) is 12.3 Å². The summed E-state index contributed by atoms with van der Waals surface area (Å²) < 4.78 is 1.86. The van der Waals surface area contributed by atoms with Crippen molar-refractivity contribution in [2.75, 3.05) is 5.32 Å². The number of nitrogens with zero attached hydrogens (tertiary/aromatic N) is 4. The number of benzene rings is 2. The van der Waals surface area contributed by atoms with E-state index in [1.165, 1.54) is 41.7 Å². The van der Waals surface area contributed by atoms with E-state index in [0.717, 1.165) is 29.1 Å². The Morgan fingerprint density at radius 2 is 1.84 bits per heavy atom. The van der Waals surface area contributed by atoms with E-state index in [1.54, 1.807) is 0 Å². The molecule has 0 aliphatic heterocycles. The molecule has 31 heavy (non-hydrogen) atoms. The summed E-state index contributed by atoms with van der Waals surface area (Å²) in [7, 11) is 1.88. The van der Waals surface area contributed by atoms with Gasteiger partial charge in [-0.3, -0.25) is 4.79 Å². The normalized spacial score (nSPS) is 13.1. The van der Waals surface area contributed by atoms with Crippen molar-refractivity contribution in [3.63, 3.8) is 0 Å². The van der Waals surface area contributed by atoms with Crippen LogP contribution in [0.3, 0.4) is 0 Å². The molecule has 0 atom stereocenters. The summed E-state index contributed by atoms with van der Waals surface area (Å²) in [5.74, 6) is 1.21. The lowest BCUT2D eigenvalue weighted by Crippen LogP contribution is -2.17. The molecule has 0 fully saturated rings. The molecule has 6 nitrogen and oxygen atoms in total. The number of rotatable bonds is 5. The van der Waals surface area contributed by atoms with Gasteiger partial charge in [0.25, 0.3) is 0 Å². The lowest BCUT2D eigenvalue weighted by atomic mass is 9.90. The van der Waals surface area contributed by atoms with Crippen LogP contribution in [0.25, 0.3) is 22.6 Å². The van der Waals surface area contributed by atoms with Crippen LogP contribution in [0, 0.1) is 0 Å². The number of thiazole rings is 1. The number of aryl methyl sites for hydroxylation is 2. The number of anilines is 1. The molecule has 0 unspecified atom stereocenters. The molecule has 0 saturated heterocycles. The Morgan fingerprint density at radius 1 is 1.03 bits per heavy atom. The van der Waals surface area contributed by atoms with Crippen molar-refractivity contribution in [2.24, 2.45) is 7.05 Å². The lowest BCUT2D eigenvalue weighted by molar-refractivity contribution is -0.115. The molecular weight excluding hydrogens is 406 g/mol. The number of amides is 1. The third kappa shape index (κ3) is 4.14. The lowest BCUT2D eigenvalue weighted by Gasteiger charge is -2.16. The SMILES string of the molecule is Cn1c(CC(=O)Nc2nc(-c3ccc4c(c3)CCCC4)cs2)nnc1-c1ccccc1. The largest absolute Gasteiger partial charge is 0.314 e. The molecule has 5 rings (SSSR count). The highest BCUT2D eigenvalue weighted by Crippen LogP contribution is 2.29. The topological polar surface area (TPSA) is 72.7 Å². The number of hydrogen-bond acceptors (Lipinski definition) is 5. The highest BCUT2D eigenvalue weighted by atomic mass is 32.1. The highest BCUT2D eigenvalue weighted by molar-refractivity contribution is 7.14. The zero-order chi connectivity index (χ0) is 21.2. The molecule has 1 N–H and O–H groups in total. The maximum absolute atomic E-state index is 12.6. The van der Waals surface area contributed by atoms with Crippen LogP contribution >= 0.6 is 11.3 Å². The summed E-state index contributed by atoms with van der Waals surface area (Å²) in [5, 5.41) is 14.0. The smallest absolute Gasteiger partial charge is 0.233 e. The van der Waals surface area contributed by atoms with Gasteiger partial charge < -0.3 is 9.88 Å². The maximum Gasteiger partial charge on any atom is 0.233 e. The van der Waals surface area contributed by atoms with Crippen LogP contribution in [0.2, 0.25) is 0 Å². The molecule has 156 valence electrons. The van der Waals surface area contributed by atoms with Crippen molar-refractivity contribution >= 4 is 22.4 Å². The van der Waals surface area contributed by atoms with Crippen molar-refractivity contribution < 1.29 is 4.79 Å². The van der Waals surface area contributed by atoms with Crippen molar-refractivity contribution in [1.29, 1.82) is 0 Å². The first-order valence-corrected chi connectivity index (χ1v) is 11.4. The second-order valence-electron chi connectivity index (χ2n) is 7.82. The van der Waals surface area contributed by atoms with Crippen molar-refractivity contribution in [1.82, 2.24) is 19.7 Å². The van der Waals surface area contributed by atoms with Crippen LogP contribution in [0.5, 0.6) is 0 Å². The van der Waals surface area contributed by atoms with Gasteiger partial charge in [-0.2, -0.15) is 0 Å². The van der Waals surface area contributed by atoms with E-state index in [1.807, 2.05) is 47.3 Å². The molecule has 0 saturated carbocycles. The van der Waals surface area contributed by atoms with Gasteiger partial charge in [-0.05, 0) is 42.9 Å². The monoisotopic (exact) mass is 429 g/mol. The van der Waals surface area contributed by atoms with Crippen molar-refractivity contribution in [3.8, 4) is 22.6 Å². The van der Waals surface area contributed by atoms with Crippen LogP contribution in [-0.4, -0.2) is 25.7 Å². The third-order valence-electron chi connectivity index (χ3n) is 5.71. The van der Waals surface area contributed by atoms with Crippen LogP contribution in [-0.2, 0) is 31.1 Å². The van der Waals surface area contributed by atoms with Crippen molar-refractivity contribution in [3.05, 3.63) is 70.9 Å². The second-order valence-corrected chi connectivity index (χ2v) is 8.68. The predicted molar refractivity (Wildman–Crippen MR) is 123 cm³/mol. The first kappa shape index (κ1) is 19.6. The number of nitrogens with one attached hydrogen (secondary N) is 1. The highest BCUT2D eigenvalue weighted by Gasteiger charge is 2.16. The van der Waals surface area contributed by atoms with E-state index in [4.69, 9.17) is 0 Å². The molecule has 4 aromatic rings. The van der Waals surface area contributed by atoms with Gasteiger partial charge in [0.05, 0.1) is 12.1 Å². The van der Waals surface area contributed by atoms with Crippen LogP contribution in [0.15, 0.2) is 53.9 Å². The Balaban J connectivity index is 1.27. The number of carbonyl (C=O) groups is 1. The number of aromatic nitrogens is 4. The van der Waals surface area contributed by atoms with E-state index < -0.39 is 0 Å². The van der Waals surface area contributed by atoms with Gasteiger partial charge in [-0.1, -0.05) is 42.5 Å². The summed E-state index contributed by atoms with van der Waals surface area (Å²) in [6.45, 7) is 0. The number of fused-ring (bicyclic) bond motifs is 1. The van der Waals surface area contributed by atoms with E-state index in [9.17, 15) is 4.79 Å². The Hall–Kier alpha value is -3.32. The van der Waals surface area contributed by atoms with Gasteiger partial charge in [0.2, 0.25) is 5.91 Å². The Morgan fingerprint density at radius 3 is 2.68 bits per heavy atom. The first-order valence-electron chi connectivity index (χ1n) is 10.5. The van der Waals surface area contributed by atoms with Gasteiger partial charge >= 0.3 is 0 Å². The molecule has 2 aromatic carbocycles. The maximum atomic E-state index is 12.6. The average molecular weight is 430 g/mol. The first-order chi connectivity index (χ1) is 15.2. The summed E-state index contributed by atoms with van der Waals surface area (Å²) in [6, 6.07) is 16.4. The van der Waals surface area contributed by atoms with E-state index >= 15 is 0 Å². The standard InChI is InChI=1S/C24H23N5OS/c1-29-21(27-28-23(29)17-8-3-2-4-9-17)14-22(30)26-24-25-20(15-31-24)19-12-11-16-7-5-6-10-18(16)13-19/h2-4,8-9,11-13,15H,5-7,10,14H2,1H3,(H,25,26,30). The van der Waals surface area contributed by atoms with E-state index in [2.05, 4.69) is 38.7 Å². The Labute approximate surface area is 185 Å². The molecule has 0 spiro atoms. The molecule has 2 heterocycles. The Kier molecular flexibility index (Phi) is 5.34. The van der Waals surface area contributed by atoms with Gasteiger partial charge in [-0.15, -0.1) is 21.5 Å². The minimum absolute atomic E-state index is 0.143. The van der Waals surface area contributed by atoms with Gasteiger partial charge in [0, 0.05) is 23.6 Å². The molecule has 0 radical (unpaired) electrons. The summed E-state index contributed by atoms with van der Waals surface area (Å²) in [5.41, 5.74) is 5.87. The van der Waals surface area contributed by atoms with Gasteiger partial charge in [0.1, 0.15) is 5.82 Å². The molecule has 1 aliphatic carbocycles.